The number of aryl methyl sites for hydroxylation is 1. The van der Waals surface area contributed by atoms with E-state index in [1.54, 1.807) is 0 Å². The van der Waals surface area contributed by atoms with Crippen molar-refractivity contribution in [3.05, 3.63) is 24.0 Å². The first kappa shape index (κ1) is 19.8. The number of nitrogens with zero attached hydrogens (tertiary/aromatic N) is 3. The molecule has 1 spiro atoms. The lowest BCUT2D eigenvalue weighted by Crippen LogP contribution is -2.54. The van der Waals surface area contributed by atoms with Crippen LogP contribution >= 0.6 is 11.8 Å². The van der Waals surface area contributed by atoms with Crippen molar-refractivity contribution < 1.29 is 9.90 Å². The van der Waals surface area contributed by atoms with Crippen LogP contribution in [0.25, 0.3) is 0 Å². The fraction of sp³-hybridized carbons (Fsp3) is 0.750. The molecule has 5 nitrogen and oxygen atoms in total. The normalized spacial score (nSPS) is 23.5. The van der Waals surface area contributed by atoms with E-state index in [4.69, 9.17) is 0 Å². The van der Waals surface area contributed by atoms with Crippen molar-refractivity contribution in [1.29, 1.82) is 0 Å². The first-order valence-corrected chi connectivity index (χ1v) is 11.2. The van der Waals surface area contributed by atoms with E-state index in [1.807, 2.05) is 46.6 Å². The largest absolute Gasteiger partial charge is 0.396 e. The summed E-state index contributed by atoms with van der Waals surface area (Å²) in [5.74, 6) is 1.53. The summed E-state index contributed by atoms with van der Waals surface area (Å²) in [6.07, 6.45) is 8.67. The third kappa shape index (κ3) is 4.12. The first-order chi connectivity index (χ1) is 12.6. The maximum absolute atomic E-state index is 12.8. The highest BCUT2D eigenvalue weighted by Gasteiger charge is 2.45. The number of rotatable bonds is 6. The lowest BCUT2D eigenvalue weighted by atomic mass is 9.64. The number of likely N-dealkylation sites (tertiary alicyclic amines) is 2. The molecule has 1 N–H and O–H groups in total. The van der Waals surface area contributed by atoms with E-state index in [-0.39, 0.29) is 23.8 Å². The van der Waals surface area contributed by atoms with Gasteiger partial charge in [0.15, 0.2) is 0 Å². The second-order valence-corrected chi connectivity index (χ2v) is 8.92. The lowest BCUT2D eigenvalue weighted by molar-refractivity contribution is -0.0352. The highest BCUT2D eigenvalue weighted by Crippen LogP contribution is 2.45. The van der Waals surface area contributed by atoms with Crippen LogP contribution in [-0.4, -0.2) is 76.7 Å². The van der Waals surface area contributed by atoms with Crippen LogP contribution in [0.1, 0.15) is 36.2 Å². The maximum Gasteiger partial charge on any atom is 0.270 e. The number of piperidine rings is 2. The number of hydrogen-bond donors (Lipinski definition) is 1. The van der Waals surface area contributed by atoms with Gasteiger partial charge in [0, 0.05) is 38.9 Å². The molecule has 1 aromatic rings. The van der Waals surface area contributed by atoms with Gasteiger partial charge < -0.3 is 19.5 Å². The molecule has 26 heavy (non-hydrogen) atoms. The Labute approximate surface area is 161 Å². The van der Waals surface area contributed by atoms with Gasteiger partial charge in [-0.1, -0.05) is 0 Å². The van der Waals surface area contributed by atoms with Crippen molar-refractivity contribution in [2.75, 3.05) is 51.3 Å². The van der Waals surface area contributed by atoms with Crippen LogP contribution in [0.3, 0.4) is 0 Å². The first-order valence-electron chi connectivity index (χ1n) is 9.82. The third-order valence-corrected chi connectivity index (χ3v) is 7.23. The Morgan fingerprint density at radius 3 is 2.65 bits per heavy atom. The molecule has 6 heteroatoms. The average molecular weight is 380 g/mol. The number of hydrogen-bond acceptors (Lipinski definition) is 4. The summed E-state index contributed by atoms with van der Waals surface area (Å²) in [6, 6.07) is 3.79. The molecule has 146 valence electrons. The Morgan fingerprint density at radius 2 is 2.04 bits per heavy atom. The molecule has 0 radical (unpaired) electrons. The van der Waals surface area contributed by atoms with Crippen LogP contribution in [-0.2, 0) is 7.05 Å². The smallest absolute Gasteiger partial charge is 0.270 e. The van der Waals surface area contributed by atoms with Crippen LogP contribution in [0.15, 0.2) is 18.3 Å². The summed E-state index contributed by atoms with van der Waals surface area (Å²) in [6.45, 7) is 5.15. The predicted octanol–water partition coefficient (Wildman–Crippen LogP) is 2.31. The number of aliphatic hydroxyl groups excluding tert-OH is 1. The summed E-state index contributed by atoms with van der Waals surface area (Å²) in [7, 11) is 1.91. The second-order valence-electron chi connectivity index (χ2n) is 7.94. The van der Waals surface area contributed by atoms with Gasteiger partial charge in [0.2, 0.25) is 0 Å². The van der Waals surface area contributed by atoms with Crippen LogP contribution in [0.4, 0.5) is 0 Å². The summed E-state index contributed by atoms with van der Waals surface area (Å²) < 4.78 is 1.88. The van der Waals surface area contributed by atoms with E-state index in [1.165, 1.54) is 18.7 Å². The van der Waals surface area contributed by atoms with Gasteiger partial charge in [-0.25, -0.2) is 0 Å². The molecule has 0 aromatic carbocycles. The van der Waals surface area contributed by atoms with E-state index in [2.05, 4.69) is 11.2 Å². The summed E-state index contributed by atoms with van der Waals surface area (Å²) in [4.78, 5) is 17.4. The van der Waals surface area contributed by atoms with Crippen LogP contribution < -0.4 is 0 Å². The summed E-state index contributed by atoms with van der Waals surface area (Å²) >= 11 is 1.92. The molecule has 0 aliphatic carbocycles. The van der Waals surface area contributed by atoms with Crippen molar-refractivity contribution >= 4 is 17.7 Å². The summed E-state index contributed by atoms with van der Waals surface area (Å²) in [5.41, 5.74) is 0.955. The van der Waals surface area contributed by atoms with Gasteiger partial charge in [-0.05, 0) is 74.9 Å². The molecule has 3 rings (SSSR count). The van der Waals surface area contributed by atoms with Crippen LogP contribution in [0.5, 0.6) is 0 Å². The molecule has 3 heterocycles. The molecule has 2 aliphatic heterocycles. The lowest BCUT2D eigenvalue weighted by Gasteiger charge is -2.51. The minimum atomic E-state index is 0.0975. The number of carbonyl (C=O) groups is 1. The molecule has 0 saturated carbocycles. The fourth-order valence-electron chi connectivity index (χ4n) is 4.71. The Balaban J connectivity index is 1.59. The number of aliphatic hydroxyl groups is 1. The van der Waals surface area contributed by atoms with Crippen molar-refractivity contribution in [3.8, 4) is 0 Å². The van der Waals surface area contributed by atoms with E-state index in [0.29, 0.717) is 6.54 Å². The molecule has 0 unspecified atom stereocenters. The van der Waals surface area contributed by atoms with Gasteiger partial charge in [-0.3, -0.25) is 4.79 Å². The zero-order chi connectivity index (χ0) is 18.6. The number of thioether (sulfide) groups is 1. The SMILES string of the molecule is CSCCCN1CCC2(CC1)CCN(C(=O)c1cccn1C)C[C@@H]2CO. The van der Waals surface area contributed by atoms with Gasteiger partial charge in [0.05, 0.1) is 0 Å². The monoisotopic (exact) mass is 379 g/mol. The van der Waals surface area contributed by atoms with E-state index in [9.17, 15) is 9.90 Å². The highest BCUT2D eigenvalue weighted by atomic mass is 32.2. The molecule has 1 aromatic heterocycles. The minimum absolute atomic E-state index is 0.0975. The zero-order valence-corrected chi connectivity index (χ0v) is 17.0. The van der Waals surface area contributed by atoms with E-state index in [0.717, 1.165) is 44.6 Å². The van der Waals surface area contributed by atoms with Gasteiger partial charge in [-0.15, -0.1) is 0 Å². The molecular formula is C20H33N3O2S. The Hall–Kier alpha value is -0.980. The Kier molecular flexibility index (Phi) is 6.70. The molecule has 0 bridgehead atoms. The van der Waals surface area contributed by atoms with Crippen molar-refractivity contribution in [2.24, 2.45) is 18.4 Å². The van der Waals surface area contributed by atoms with Crippen LogP contribution in [0, 0.1) is 11.3 Å². The molecule has 2 saturated heterocycles. The molecule has 1 atom stereocenters. The summed E-state index contributed by atoms with van der Waals surface area (Å²) in [5, 5.41) is 10.1. The zero-order valence-electron chi connectivity index (χ0n) is 16.2. The highest BCUT2D eigenvalue weighted by molar-refractivity contribution is 7.98. The molecular weight excluding hydrogens is 346 g/mol. The van der Waals surface area contributed by atoms with Gasteiger partial charge in [-0.2, -0.15) is 11.8 Å². The topological polar surface area (TPSA) is 48.7 Å². The Bertz CT molecular complexity index is 596. The predicted molar refractivity (Wildman–Crippen MR) is 108 cm³/mol. The van der Waals surface area contributed by atoms with Crippen molar-refractivity contribution in [1.82, 2.24) is 14.4 Å². The average Bonchev–Trinajstić information content (AvgIpc) is 3.09. The van der Waals surface area contributed by atoms with Crippen molar-refractivity contribution in [2.45, 2.75) is 25.7 Å². The molecule has 2 aliphatic rings. The third-order valence-electron chi connectivity index (χ3n) is 6.53. The van der Waals surface area contributed by atoms with Gasteiger partial charge >= 0.3 is 0 Å². The number of aromatic nitrogens is 1. The number of carbonyl (C=O) groups excluding carboxylic acids is 1. The molecule has 2 fully saturated rings. The van der Waals surface area contributed by atoms with E-state index < -0.39 is 0 Å². The minimum Gasteiger partial charge on any atom is -0.396 e. The second kappa shape index (κ2) is 8.81. The van der Waals surface area contributed by atoms with Crippen molar-refractivity contribution in [3.63, 3.8) is 0 Å². The standard InChI is InChI=1S/C20H33N3O2S/c1-21-9-3-5-18(21)19(25)23-13-8-20(17(15-23)16-24)6-11-22(12-7-20)10-4-14-26-2/h3,5,9,17,24H,4,6-8,10-16H2,1-2H3/t17-/m1/s1. The quantitative estimate of drug-likeness (QED) is 0.771. The number of amides is 1. The van der Waals surface area contributed by atoms with Gasteiger partial charge in [0.25, 0.3) is 5.91 Å². The maximum atomic E-state index is 12.8. The van der Waals surface area contributed by atoms with Gasteiger partial charge in [0.1, 0.15) is 5.69 Å². The van der Waals surface area contributed by atoms with Crippen LogP contribution in [0.2, 0.25) is 0 Å². The Morgan fingerprint density at radius 1 is 1.31 bits per heavy atom. The fourth-order valence-corrected chi connectivity index (χ4v) is 5.12. The van der Waals surface area contributed by atoms with E-state index >= 15 is 0 Å². The molecule has 1 amide bonds.